The van der Waals surface area contributed by atoms with Gasteiger partial charge in [-0.05, 0) is 48.0 Å². The van der Waals surface area contributed by atoms with Gasteiger partial charge < -0.3 is 10.1 Å². The van der Waals surface area contributed by atoms with Crippen molar-refractivity contribution in [1.29, 1.82) is 0 Å². The van der Waals surface area contributed by atoms with Crippen molar-refractivity contribution in [3.8, 4) is 0 Å². The molecule has 1 aromatic rings. The van der Waals surface area contributed by atoms with E-state index in [4.69, 9.17) is 14.7 Å². The second-order valence-corrected chi connectivity index (χ2v) is 6.52. The topological polar surface area (TPSA) is 47.0 Å². The summed E-state index contributed by atoms with van der Waals surface area (Å²) in [7, 11) is 0. The lowest BCUT2D eigenvalue weighted by molar-refractivity contribution is 0.110. The summed E-state index contributed by atoms with van der Waals surface area (Å²) in [5.74, 6) is 2.51. The van der Waals surface area contributed by atoms with Crippen LogP contribution in [0.3, 0.4) is 0 Å². The van der Waals surface area contributed by atoms with Crippen molar-refractivity contribution >= 4 is 21.7 Å². The molecule has 0 aromatic carbocycles. The molecule has 20 heavy (non-hydrogen) atoms. The van der Waals surface area contributed by atoms with Crippen LogP contribution in [0.15, 0.2) is 4.47 Å². The molecule has 4 nitrogen and oxygen atoms in total. The van der Waals surface area contributed by atoms with Crippen LogP contribution < -0.4 is 5.32 Å². The van der Waals surface area contributed by atoms with Gasteiger partial charge in [-0.1, -0.05) is 6.92 Å². The second-order valence-electron chi connectivity index (χ2n) is 5.73. The molecule has 1 atom stereocenters. The molecule has 1 saturated heterocycles. The Labute approximate surface area is 128 Å². The Morgan fingerprint density at radius 3 is 2.80 bits per heavy atom. The monoisotopic (exact) mass is 339 g/mol. The van der Waals surface area contributed by atoms with Crippen LogP contribution in [-0.4, -0.2) is 29.2 Å². The lowest BCUT2D eigenvalue weighted by Crippen LogP contribution is -2.15. The van der Waals surface area contributed by atoms with Crippen molar-refractivity contribution in [3.05, 3.63) is 16.0 Å². The molecule has 0 radical (unpaired) electrons. The minimum absolute atomic E-state index is 0.308. The highest BCUT2D eigenvalue weighted by molar-refractivity contribution is 9.10. The normalized spacial score (nSPS) is 22.2. The van der Waals surface area contributed by atoms with E-state index in [2.05, 4.69) is 28.2 Å². The van der Waals surface area contributed by atoms with Gasteiger partial charge in [0, 0.05) is 25.5 Å². The molecule has 1 aromatic heterocycles. The van der Waals surface area contributed by atoms with Gasteiger partial charge in [0.25, 0.3) is 0 Å². The lowest BCUT2D eigenvalue weighted by atomic mass is 10.1. The summed E-state index contributed by atoms with van der Waals surface area (Å²) >= 11 is 3.68. The van der Waals surface area contributed by atoms with Crippen LogP contribution >= 0.6 is 15.9 Å². The van der Waals surface area contributed by atoms with Gasteiger partial charge in [-0.3, -0.25) is 0 Å². The number of aromatic nitrogens is 2. The minimum atomic E-state index is 0.308. The summed E-state index contributed by atoms with van der Waals surface area (Å²) < 4.78 is 6.77. The van der Waals surface area contributed by atoms with Crippen LogP contribution in [-0.2, 0) is 11.2 Å². The van der Waals surface area contributed by atoms with Gasteiger partial charge in [0.2, 0.25) is 0 Å². The molecule has 1 aliphatic carbocycles. The molecule has 0 amide bonds. The highest BCUT2D eigenvalue weighted by Gasteiger charge is 2.30. The highest BCUT2D eigenvalue weighted by atomic mass is 79.9. The molecule has 1 saturated carbocycles. The summed E-state index contributed by atoms with van der Waals surface area (Å²) in [6.07, 6.45) is 7.05. The van der Waals surface area contributed by atoms with Gasteiger partial charge in [-0.15, -0.1) is 0 Å². The summed E-state index contributed by atoms with van der Waals surface area (Å²) in [6, 6.07) is 0. The zero-order chi connectivity index (χ0) is 13.9. The summed E-state index contributed by atoms with van der Waals surface area (Å²) in [4.78, 5) is 9.48. The average Bonchev–Trinajstić information content (AvgIpc) is 3.17. The number of hydrogen-bond donors (Lipinski definition) is 1. The SMILES string of the molecule is CCCNc1nc(CC2CCCO2)nc(C2CC2)c1Br. The van der Waals surface area contributed by atoms with E-state index >= 15 is 0 Å². The molecule has 1 unspecified atom stereocenters. The predicted molar refractivity (Wildman–Crippen MR) is 83.2 cm³/mol. The first-order chi connectivity index (χ1) is 9.78. The number of rotatable bonds is 6. The first-order valence-electron chi connectivity index (χ1n) is 7.69. The van der Waals surface area contributed by atoms with Gasteiger partial charge in [0.1, 0.15) is 11.6 Å². The van der Waals surface area contributed by atoms with Crippen molar-refractivity contribution in [1.82, 2.24) is 9.97 Å². The van der Waals surface area contributed by atoms with Crippen LogP contribution in [0.4, 0.5) is 5.82 Å². The first kappa shape index (κ1) is 14.3. The van der Waals surface area contributed by atoms with Crippen LogP contribution in [0.5, 0.6) is 0 Å². The van der Waals surface area contributed by atoms with E-state index in [1.54, 1.807) is 0 Å². The Morgan fingerprint density at radius 1 is 1.30 bits per heavy atom. The zero-order valence-corrected chi connectivity index (χ0v) is 13.6. The van der Waals surface area contributed by atoms with Crippen molar-refractivity contribution < 1.29 is 4.74 Å². The number of hydrogen-bond acceptors (Lipinski definition) is 4. The van der Waals surface area contributed by atoms with Gasteiger partial charge >= 0.3 is 0 Å². The number of ether oxygens (including phenoxy) is 1. The van der Waals surface area contributed by atoms with Crippen LogP contribution in [0, 0.1) is 0 Å². The minimum Gasteiger partial charge on any atom is -0.378 e. The smallest absolute Gasteiger partial charge is 0.144 e. The van der Waals surface area contributed by atoms with E-state index in [-0.39, 0.29) is 0 Å². The zero-order valence-electron chi connectivity index (χ0n) is 12.0. The third-order valence-electron chi connectivity index (χ3n) is 3.86. The van der Waals surface area contributed by atoms with Gasteiger partial charge in [0.05, 0.1) is 16.3 Å². The van der Waals surface area contributed by atoms with E-state index in [0.29, 0.717) is 12.0 Å². The van der Waals surface area contributed by atoms with Gasteiger partial charge in [0.15, 0.2) is 0 Å². The van der Waals surface area contributed by atoms with E-state index in [1.165, 1.54) is 18.5 Å². The Balaban J connectivity index is 1.82. The maximum Gasteiger partial charge on any atom is 0.144 e. The standard InChI is InChI=1S/C15H22BrN3O/c1-2-7-17-15-13(16)14(10-5-6-10)18-12(19-15)9-11-4-3-8-20-11/h10-11H,2-9H2,1H3,(H,17,18,19). The molecular formula is C15H22BrN3O. The summed E-state index contributed by atoms with van der Waals surface area (Å²) in [6.45, 7) is 3.99. The Kier molecular flexibility index (Phi) is 4.56. The molecule has 2 fully saturated rings. The number of halogens is 1. The average molecular weight is 340 g/mol. The fourth-order valence-electron chi connectivity index (χ4n) is 2.60. The largest absolute Gasteiger partial charge is 0.378 e. The van der Waals surface area contributed by atoms with Crippen molar-refractivity contribution in [2.24, 2.45) is 0 Å². The lowest BCUT2D eigenvalue weighted by Gasteiger charge is -2.14. The van der Waals surface area contributed by atoms with Crippen LogP contribution in [0.2, 0.25) is 0 Å². The first-order valence-corrected chi connectivity index (χ1v) is 8.49. The van der Waals surface area contributed by atoms with Crippen LogP contribution in [0.1, 0.15) is 56.5 Å². The molecule has 3 rings (SSSR count). The molecule has 1 aliphatic heterocycles. The Hall–Kier alpha value is -0.680. The Bertz CT molecular complexity index is 470. The molecule has 2 aliphatic rings. The third-order valence-corrected chi connectivity index (χ3v) is 4.65. The number of nitrogens with zero attached hydrogens (tertiary/aromatic N) is 2. The molecule has 2 heterocycles. The molecule has 110 valence electrons. The molecule has 0 bridgehead atoms. The maximum atomic E-state index is 5.71. The molecule has 0 spiro atoms. The van der Waals surface area contributed by atoms with E-state index < -0.39 is 0 Å². The highest BCUT2D eigenvalue weighted by Crippen LogP contribution is 2.43. The Morgan fingerprint density at radius 2 is 2.15 bits per heavy atom. The van der Waals surface area contributed by atoms with E-state index in [0.717, 1.165) is 54.9 Å². The quantitative estimate of drug-likeness (QED) is 0.859. The molecular weight excluding hydrogens is 318 g/mol. The number of nitrogens with one attached hydrogen (secondary N) is 1. The van der Waals surface area contributed by atoms with Gasteiger partial charge in [-0.2, -0.15) is 0 Å². The van der Waals surface area contributed by atoms with Crippen molar-refractivity contribution in [2.45, 2.75) is 57.5 Å². The van der Waals surface area contributed by atoms with E-state index in [9.17, 15) is 0 Å². The fraction of sp³-hybridized carbons (Fsp3) is 0.733. The number of anilines is 1. The van der Waals surface area contributed by atoms with E-state index in [1.807, 2.05) is 0 Å². The van der Waals surface area contributed by atoms with Crippen LogP contribution in [0.25, 0.3) is 0 Å². The second kappa shape index (κ2) is 6.39. The fourth-order valence-corrected chi connectivity index (χ4v) is 3.24. The van der Waals surface area contributed by atoms with Crippen molar-refractivity contribution in [2.75, 3.05) is 18.5 Å². The third kappa shape index (κ3) is 3.31. The maximum absolute atomic E-state index is 5.71. The summed E-state index contributed by atoms with van der Waals surface area (Å²) in [5, 5.41) is 3.41. The summed E-state index contributed by atoms with van der Waals surface area (Å²) in [5.41, 5.74) is 1.19. The van der Waals surface area contributed by atoms with Gasteiger partial charge in [-0.25, -0.2) is 9.97 Å². The predicted octanol–water partition coefficient (Wildman–Crippen LogP) is 3.66. The van der Waals surface area contributed by atoms with Crippen molar-refractivity contribution in [3.63, 3.8) is 0 Å². The molecule has 1 N–H and O–H groups in total. The molecule has 5 heteroatoms.